The van der Waals surface area contributed by atoms with E-state index in [4.69, 9.17) is 6.42 Å². The van der Waals surface area contributed by atoms with Crippen LogP contribution in [0.3, 0.4) is 0 Å². The van der Waals surface area contributed by atoms with E-state index in [0.717, 1.165) is 12.1 Å². The van der Waals surface area contributed by atoms with Crippen LogP contribution in [0.15, 0.2) is 18.2 Å². The summed E-state index contributed by atoms with van der Waals surface area (Å²) in [6.45, 7) is 0.0522. The highest BCUT2D eigenvalue weighted by molar-refractivity contribution is 5.95. The maximum atomic E-state index is 11.3. The van der Waals surface area contributed by atoms with Crippen LogP contribution in [0.4, 0.5) is 5.69 Å². The summed E-state index contributed by atoms with van der Waals surface area (Å²) in [5, 5.41) is 22.0. The minimum atomic E-state index is -0.738. The molecule has 1 rings (SSSR count). The quantitative estimate of drug-likeness (QED) is 0.444. The van der Waals surface area contributed by atoms with Crippen LogP contribution >= 0.6 is 0 Å². The standard InChI is InChI=1S/C10H8N2O4/c1-2-5-11-10(14)7-3-4-8(12(15)16)9(13)6-7/h1,3-4,6,13H,5H2,(H,11,14). The third-order valence-corrected chi connectivity index (χ3v) is 1.79. The van der Waals surface area contributed by atoms with E-state index in [1.165, 1.54) is 6.07 Å². The number of phenolic OH excluding ortho intramolecular Hbond substituents is 1. The van der Waals surface area contributed by atoms with E-state index >= 15 is 0 Å². The monoisotopic (exact) mass is 220 g/mol. The molecule has 0 aromatic heterocycles. The molecule has 1 aromatic carbocycles. The van der Waals surface area contributed by atoms with Gasteiger partial charge in [0, 0.05) is 11.6 Å². The maximum absolute atomic E-state index is 11.3. The normalized spacial score (nSPS) is 9.19. The average molecular weight is 220 g/mol. The van der Waals surface area contributed by atoms with Gasteiger partial charge in [0.1, 0.15) is 0 Å². The molecule has 0 heterocycles. The second-order valence-corrected chi connectivity index (χ2v) is 2.85. The van der Waals surface area contributed by atoms with Gasteiger partial charge in [-0.15, -0.1) is 6.42 Å². The Morgan fingerprint density at radius 2 is 2.31 bits per heavy atom. The zero-order valence-electron chi connectivity index (χ0n) is 8.14. The van der Waals surface area contributed by atoms with Gasteiger partial charge >= 0.3 is 5.69 Å². The van der Waals surface area contributed by atoms with Gasteiger partial charge < -0.3 is 10.4 Å². The fraction of sp³-hybridized carbons (Fsp3) is 0.100. The summed E-state index contributed by atoms with van der Waals surface area (Å²) in [4.78, 5) is 21.0. The second-order valence-electron chi connectivity index (χ2n) is 2.85. The summed E-state index contributed by atoms with van der Waals surface area (Å²) in [7, 11) is 0. The van der Waals surface area contributed by atoms with Crippen LogP contribution in [0.2, 0.25) is 0 Å². The van der Waals surface area contributed by atoms with E-state index in [0.29, 0.717) is 0 Å². The highest BCUT2D eigenvalue weighted by Crippen LogP contribution is 2.25. The van der Waals surface area contributed by atoms with Crippen molar-refractivity contribution in [3.05, 3.63) is 33.9 Å². The number of carbonyl (C=O) groups excluding carboxylic acids is 1. The molecule has 0 atom stereocenters. The third-order valence-electron chi connectivity index (χ3n) is 1.79. The number of phenols is 1. The van der Waals surface area contributed by atoms with Crippen molar-refractivity contribution in [1.29, 1.82) is 0 Å². The van der Waals surface area contributed by atoms with Gasteiger partial charge in [-0.2, -0.15) is 0 Å². The molecule has 2 N–H and O–H groups in total. The predicted molar refractivity (Wildman–Crippen MR) is 55.9 cm³/mol. The van der Waals surface area contributed by atoms with Crippen LogP contribution in [0.5, 0.6) is 5.75 Å². The first kappa shape index (κ1) is 11.5. The van der Waals surface area contributed by atoms with Gasteiger partial charge in [0.25, 0.3) is 5.91 Å². The fourth-order valence-corrected chi connectivity index (χ4v) is 1.05. The molecular weight excluding hydrogens is 212 g/mol. The number of amides is 1. The van der Waals surface area contributed by atoms with Crippen LogP contribution in [0.1, 0.15) is 10.4 Å². The number of hydrogen-bond donors (Lipinski definition) is 2. The molecular formula is C10H8N2O4. The molecule has 0 aliphatic carbocycles. The number of nitro benzene ring substituents is 1. The number of benzene rings is 1. The lowest BCUT2D eigenvalue weighted by atomic mass is 10.2. The summed E-state index contributed by atoms with van der Waals surface area (Å²) < 4.78 is 0. The van der Waals surface area contributed by atoms with E-state index in [2.05, 4.69) is 11.2 Å². The van der Waals surface area contributed by atoms with E-state index in [-0.39, 0.29) is 12.1 Å². The summed E-state index contributed by atoms with van der Waals surface area (Å²) >= 11 is 0. The van der Waals surface area contributed by atoms with Gasteiger partial charge in [0.2, 0.25) is 0 Å². The van der Waals surface area contributed by atoms with Crippen LogP contribution < -0.4 is 5.32 Å². The number of rotatable bonds is 3. The zero-order valence-corrected chi connectivity index (χ0v) is 8.14. The minimum absolute atomic E-state index is 0.0522. The van der Waals surface area contributed by atoms with Gasteiger partial charge in [-0.3, -0.25) is 14.9 Å². The average Bonchev–Trinajstić information content (AvgIpc) is 2.25. The molecule has 0 aliphatic rings. The first-order chi connectivity index (χ1) is 7.56. The topological polar surface area (TPSA) is 92.5 Å². The van der Waals surface area contributed by atoms with Crippen LogP contribution in [0, 0.1) is 22.5 Å². The van der Waals surface area contributed by atoms with Crippen LogP contribution in [-0.4, -0.2) is 22.5 Å². The molecule has 0 spiro atoms. The molecule has 0 saturated carbocycles. The Balaban J connectivity index is 2.93. The van der Waals surface area contributed by atoms with Crippen molar-refractivity contribution in [2.45, 2.75) is 0 Å². The first-order valence-electron chi connectivity index (χ1n) is 4.25. The van der Waals surface area contributed by atoms with E-state index < -0.39 is 22.3 Å². The predicted octanol–water partition coefficient (Wildman–Crippen LogP) is 0.663. The molecule has 82 valence electrons. The smallest absolute Gasteiger partial charge is 0.310 e. The minimum Gasteiger partial charge on any atom is -0.502 e. The summed E-state index contributed by atoms with van der Waals surface area (Å²) in [5.74, 6) is 1.16. The molecule has 0 bridgehead atoms. The second kappa shape index (κ2) is 4.79. The molecule has 0 radical (unpaired) electrons. The lowest BCUT2D eigenvalue weighted by molar-refractivity contribution is -0.385. The lowest BCUT2D eigenvalue weighted by Crippen LogP contribution is -2.23. The maximum Gasteiger partial charge on any atom is 0.310 e. The molecule has 0 fully saturated rings. The Morgan fingerprint density at radius 1 is 1.62 bits per heavy atom. The summed E-state index contributed by atoms with van der Waals surface area (Å²) in [5.41, 5.74) is -0.341. The van der Waals surface area contributed by atoms with Gasteiger partial charge in [-0.05, 0) is 12.1 Å². The molecule has 0 saturated heterocycles. The first-order valence-corrected chi connectivity index (χ1v) is 4.25. The van der Waals surface area contributed by atoms with Gasteiger partial charge in [0.05, 0.1) is 11.5 Å². The van der Waals surface area contributed by atoms with Gasteiger partial charge in [-0.1, -0.05) is 5.92 Å². The van der Waals surface area contributed by atoms with E-state index in [1.54, 1.807) is 0 Å². The van der Waals surface area contributed by atoms with E-state index in [1.807, 2.05) is 0 Å². The Kier molecular flexibility index (Phi) is 3.45. The third kappa shape index (κ3) is 2.48. The van der Waals surface area contributed by atoms with Crippen molar-refractivity contribution >= 4 is 11.6 Å². The van der Waals surface area contributed by atoms with Crippen molar-refractivity contribution in [1.82, 2.24) is 5.32 Å². The molecule has 1 aromatic rings. The van der Waals surface area contributed by atoms with Crippen molar-refractivity contribution in [3.8, 4) is 18.1 Å². The Bertz CT molecular complexity index is 476. The molecule has 6 nitrogen and oxygen atoms in total. The number of nitro groups is 1. The summed E-state index contributed by atoms with van der Waals surface area (Å²) in [6.07, 6.45) is 4.95. The summed E-state index contributed by atoms with van der Waals surface area (Å²) in [6, 6.07) is 3.31. The molecule has 0 unspecified atom stereocenters. The van der Waals surface area contributed by atoms with Crippen LogP contribution in [-0.2, 0) is 0 Å². The number of terminal acetylenes is 1. The number of aromatic hydroxyl groups is 1. The highest BCUT2D eigenvalue weighted by Gasteiger charge is 2.15. The number of nitrogens with zero attached hydrogens (tertiary/aromatic N) is 1. The molecule has 16 heavy (non-hydrogen) atoms. The lowest BCUT2D eigenvalue weighted by Gasteiger charge is -2.02. The van der Waals surface area contributed by atoms with Crippen molar-refractivity contribution in [3.63, 3.8) is 0 Å². The Hall–Kier alpha value is -2.55. The molecule has 1 amide bonds. The SMILES string of the molecule is C#CCNC(=O)c1ccc([N+](=O)[O-])c(O)c1. The molecule has 0 aliphatic heterocycles. The van der Waals surface area contributed by atoms with Crippen molar-refractivity contribution in [2.75, 3.05) is 6.54 Å². The molecule has 6 heteroatoms. The zero-order chi connectivity index (χ0) is 12.1. The highest BCUT2D eigenvalue weighted by atomic mass is 16.6. The number of hydrogen-bond acceptors (Lipinski definition) is 4. The Morgan fingerprint density at radius 3 is 2.81 bits per heavy atom. The van der Waals surface area contributed by atoms with Crippen LogP contribution in [0.25, 0.3) is 0 Å². The van der Waals surface area contributed by atoms with Crippen molar-refractivity contribution < 1.29 is 14.8 Å². The van der Waals surface area contributed by atoms with Gasteiger partial charge in [-0.25, -0.2) is 0 Å². The van der Waals surface area contributed by atoms with Gasteiger partial charge in [0.15, 0.2) is 5.75 Å². The van der Waals surface area contributed by atoms with E-state index in [9.17, 15) is 20.0 Å². The fourth-order valence-electron chi connectivity index (χ4n) is 1.05. The largest absolute Gasteiger partial charge is 0.502 e. The number of nitrogens with one attached hydrogen (secondary N) is 1. The van der Waals surface area contributed by atoms with Crippen molar-refractivity contribution in [2.24, 2.45) is 0 Å². The number of carbonyl (C=O) groups is 1. The Labute approximate surface area is 91.0 Å².